The van der Waals surface area contributed by atoms with Gasteiger partial charge in [-0.2, -0.15) is 0 Å². The minimum absolute atomic E-state index is 0.792. The van der Waals surface area contributed by atoms with E-state index >= 15 is 0 Å². The molecule has 1 atom stereocenters. The van der Waals surface area contributed by atoms with E-state index in [0.29, 0.717) is 0 Å². The number of carbonyl (C=O) groups is 1. The molecule has 0 aliphatic carbocycles. The lowest BCUT2D eigenvalue weighted by molar-refractivity contribution is -0.315. The summed E-state index contributed by atoms with van der Waals surface area (Å²) in [6.45, 7) is 1.41. The van der Waals surface area contributed by atoms with Crippen molar-refractivity contribution in [2.24, 2.45) is 0 Å². The molecule has 0 radical (unpaired) electrons. The number of hydrogen-bond acceptors (Lipinski definition) is 3. The predicted octanol–water partition coefficient (Wildman–Crippen LogP) is -1.23. The van der Waals surface area contributed by atoms with Gasteiger partial charge in [0, 0.05) is 7.11 Å². The van der Waals surface area contributed by atoms with Gasteiger partial charge in [0.2, 0.25) is 0 Å². The van der Waals surface area contributed by atoms with Gasteiger partial charge in [-0.05, 0) is 6.92 Å². The fourth-order valence-corrected chi connectivity index (χ4v) is 0.0962. The van der Waals surface area contributed by atoms with E-state index in [4.69, 9.17) is 0 Å². The van der Waals surface area contributed by atoms with Gasteiger partial charge in [-0.25, -0.2) is 0 Å². The van der Waals surface area contributed by atoms with E-state index in [2.05, 4.69) is 4.74 Å². The highest BCUT2D eigenvalue weighted by atomic mass is 16.5. The van der Waals surface area contributed by atoms with Gasteiger partial charge in [0.05, 0.1) is 12.1 Å². The maximum Gasteiger partial charge on any atom is 0.0936 e. The first-order chi connectivity index (χ1) is 3.18. The first-order valence-corrected chi connectivity index (χ1v) is 1.92. The van der Waals surface area contributed by atoms with Gasteiger partial charge >= 0.3 is 0 Å². The maximum atomic E-state index is 9.69. The summed E-state index contributed by atoms with van der Waals surface area (Å²) >= 11 is 0. The Morgan fingerprint density at radius 1 is 1.86 bits per heavy atom. The van der Waals surface area contributed by atoms with Gasteiger partial charge in [0.15, 0.2) is 0 Å². The summed E-state index contributed by atoms with van der Waals surface area (Å²) in [5.41, 5.74) is 0. The average molecular weight is 103 g/mol. The second-order valence-electron chi connectivity index (χ2n) is 1.20. The van der Waals surface area contributed by atoms with Crippen LogP contribution in [-0.2, 0) is 9.53 Å². The Kier molecular flexibility index (Phi) is 2.37. The van der Waals surface area contributed by atoms with Crippen LogP contribution >= 0.6 is 0 Å². The summed E-state index contributed by atoms with van der Waals surface area (Å²) in [7, 11) is 1.32. The Hall–Kier alpha value is -0.570. The quantitative estimate of drug-likeness (QED) is 0.439. The molecule has 0 saturated heterocycles. The molecule has 0 bridgehead atoms. The zero-order valence-corrected chi connectivity index (χ0v) is 4.30. The molecular formula is C4H7O3-. The smallest absolute Gasteiger partial charge is 0.0936 e. The number of carboxylic acids is 1. The zero-order chi connectivity index (χ0) is 5.86. The topological polar surface area (TPSA) is 49.4 Å². The molecule has 0 fully saturated rings. The zero-order valence-electron chi connectivity index (χ0n) is 4.30. The van der Waals surface area contributed by atoms with Crippen molar-refractivity contribution >= 4 is 5.97 Å². The molecule has 42 valence electrons. The number of methoxy groups -OCH3 is 1. The van der Waals surface area contributed by atoms with E-state index in [1.165, 1.54) is 14.0 Å². The molecule has 0 aliphatic rings. The molecule has 0 aromatic carbocycles. The lowest BCUT2D eigenvalue weighted by Crippen LogP contribution is -2.34. The second kappa shape index (κ2) is 2.58. The van der Waals surface area contributed by atoms with Crippen molar-refractivity contribution in [2.75, 3.05) is 7.11 Å². The van der Waals surface area contributed by atoms with E-state index in [9.17, 15) is 9.90 Å². The van der Waals surface area contributed by atoms with Gasteiger partial charge in [-0.15, -0.1) is 0 Å². The third kappa shape index (κ3) is 2.17. The van der Waals surface area contributed by atoms with Crippen molar-refractivity contribution in [3.05, 3.63) is 0 Å². The summed E-state index contributed by atoms with van der Waals surface area (Å²) in [6, 6.07) is 0. The summed E-state index contributed by atoms with van der Waals surface area (Å²) in [5.74, 6) is -1.18. The lowest BCUT2D eigenvalue weighted by Gasteiger charge is -2.07. The molecular weight excluding hydrogens is 96.0 g/mol. The number of carbonyl (C=O) groups excluding carboxylic acids is 1. The van der Waals surface area contributed by atoms with Crippen LogP contribution in [0.2, 0.25) is 0 Å². The third-order valence-electron chi connectivity index (χ3n) is 0.685. The molecule has 0 amide bonds. The number of carboxylic acid groups (broad SMARTS) is 1. The van der Waals surface area contributed by atoms with Crippen LogP contribution in [0, 0.1) is 0 Å². The Labute approximate surface area is 41.9 Å². The Morgan fingerprint density at radius 2 is 2.29 bits per heavy atom. The molecule has 0 heterocycles. The predicted molar refractivity (Wildman–Crippen MR) is 21.5 cm³/mol. The number of aliphatic carboxylic acids is 1. The van der Waals surface area contributed by atoms with Crippen molar-refractivity contribution in [1.82, 2.24) is 0 Å². The van der Waals surface area contributed by atoms with Crippen molar-refractivity contribution in [3.8, 4) is 0 Å². The molecule has 7 heavy (non-hydrogen) atoms. The molecule has 0 N–H and O–H groups in total. The standard InChI is InChI=1S/C4H8O3/c1-3(7-2)4(5)6/h3H,1-2H3,(H,5,6)/p-1/t3-/m0/s1. The summed E-state index contributed by atoms with van der Waals surface area (Å²) in [5, 5.41) is 9.69. The minimum atomic E-state index is -1.18. The number of ether oxygens (including phenoxy) is 1. The lowest BCUT2D eigenvalue weighted by atomic mass is 10.4. The monoisotopic (exact) mass is 103 g/mol. The van der Waals surface area contributed by atoms with Gasteiger partial charge in [-0.3, -0.25) is 0 Å². The number of rotatable bonds is 2. The molecule has 0 rings (SSSR count). The minimum Gasteiger partial charge on any atom is -0.547 e. The summed E-state index contributed by atoms with van der Waals surface area (Å²) in [6.07, 6.45) is -0.792. The van der Waals surface area contributed by atoms with Crippen LogP contribution < -0.4 is 5.11 Å². The number of hydrogen-bond donors (Lipinski definition) is 0. The molecule has 0 aliphatic heterocycles. The van der Waals surface area contributed by atoms with Crippen molar-refractivity contribution in [2.45, 2.75) is 13.0 Å². The van der Waals surface area contributed by atoms with E-state index in [1.54, 1.807) is 0 Å². The van der Waals surface area contributed by atoms with Crippen LogP contribution in [-0.4, -0.2) is 19.2 Å². The molecule has 0 aromatic rings. The molecule has 3 heteroatoms. The highest BCUT2D eigenvalue weighted by Gasteiger charge is 1.95. The largest absolute Gasteiger partial charge is 0.547 e. The molecule has 0 saturated carbocycles. The Balaban J connectivity index is 3.34. The van der Waals surface area contributed by atoms with Crippen LogP contribution in [0.4, 0.5) is 0 Å². The van der Waals surface area contributed by atoms with E-state index < -0.39 is 12.1 Å². The molecule has 3 nitrogen and oxygen atoms in total. The van der Waals surface area contributed by atoms with Crippen LogP contribution in [0.15, 0.2) is 0 Å². The first-order valence-electron chi connectivity index (χ1n) is 1.92. The first kappa shape index (κ1) is 6.43. The normalized spacial score (nSPS) is 13.4. The van der Waals surface area contributed by atoms with Crippen LogP contribution in [0.3, 0.4) is 0 Å². The highest BCUT2D eigenvalue weighted by Crippen LogP contribution is 1.80. The van der Waals surface area contributed by atoms with Crippen LogP contribution in [0.1, 0.15) is 6.92 Å². The van der Waals surface area contributed by atoms with Crippen molar-refractivity contribution in [1.29, 1.82) is 0 Å². The Bertz CT molecular complexity index is 69.3. The van der Waals surface area contributed by atoms with E-state index in [1.807, 2.05) is 0 Å². The fraction of sp³-hybridized carbons (Fsp3) is 0.750. The molecule has 0 unspecified atom stereocenters. The summed E-state index contributed by atoms with van der Waals surface area (Å²) in [4.78, 5) is 9.69. The highest BCUT2D eigenvalue weighted by molar-refractivity contribution is 5.69. The van der Waals surface area contributed by atoms with Crippen LogP contribution in [0.5, 0.6) is 0 Å². The second-order valence-corrected chi connectivity index (χ2v) is 1.20. The van der Waals surface area contributed by atoms with Crippen molar-refractivity contribution < 1.29 is 14.6 Å². The van der Waals surface area contributed by atoms with E-state index in [0.717, 1.165) is 0 Å². The van der Waals surface area contributed by atoms with Gasteiger partial charge in [-0.1, -0.05) is 0 Å². The molecule has 0 spiro atoms. The maximum absolute atomic E-state index is 9.69. The third-order valence-corrected chi connectivity index (χ3v) is 0.685. The van der Waals surface area contributed by atoms with Crippen molar-refractivity contribution in [3.63, 3.8) is 0 Å². The Morgan fingerprint density at radius 3 is 2.29 bits per heavy atom. The molecule has 0 aromatic heterocycles. The summed E-state index contributed by atoms with van der Waals surface area (Å²) < 4.78 is 4.35. The van der Waals surface area contributed by atoms with Gasteiger partial charge in [0.1, 0.15) is 0 Å². The fourth-order valence-electron chi connectivity index (χ4n) is 0.0962. The van der Waals surface area contributed by atoms with Crippen LogP contribution in [0.25, 0.3) is 0 Å². The SMILES string of the molecule is CO[C@@H](C)C(=O)[O-]. The average Bonchev–Trinajstić information content (AvgIpc) is 1.65. The van der Waals surface area contributed by atoms with Gasteiger partial charge in [0.25, 0.3) is 0 Å². The van der Waals surface area contributed by atoms with Gasteiger partial charge < -0.3 is 14.6 Å². The van der Waals surface area contributed by atoms with E-state index in [-0.39, 0.29) is 0 Å².